The third-order valence-electron chi connectivity index (χ3n) is 4.68. The number of sulfone groups is 1. The Hall–Kier alpha value is -1.54. The quantitative estimate of drug-likeness (QED) is 0.704. The number of carbonyl (C=O) groups is 1. The normalized spacial score (nSPS) is 24.5. The molecule has 2 atom stereocenters. The van der Waals surface area contributed by atoms with Gasteiger partial charge in [-0.25, -0.2) is 8.42 Å². The summed E-state index contributed by atoms with van der Waals surface area (Å²) in [5.41, 5.74) is 1.44. The molecule has 2 aliphatic heterocycles. The molecule has 9 heteroatoms. The fourth-order valence-electron chi connectivity index (χ4n) is 3.44. The Bertz CT molecular complexity index is 1060. The number of carbonyl (C=O) groups excluding carboxylic acids is 1. The van der Waals surface area contributed by atoms with Crippen LogP contribution in [-0.4, -0.2) is 42.3 Å². The maximum atomic E-state index is 12.5. The minimum absolute atomic E-state index is 0.000591. The highest BCUT2D eigenvalue weighted by Crippen LogP contribution is 2.44. The average molecular weight is 455 g/mol. The summed E-state index contributed by atoms with van der Waals surface area (Å²) in [6.45, 7) is 0. The first-order chi connectivity index (χ1) is 13.3. The first-order valence-corrected chi connectivity index (χ1v) is 12.1. The topological polar surface area (TPSA) is 66.8 Å². The van der Waals surface area contributed by atoms with Crippen molar-refractivity contribution in [2.75, 3.05) is 16.4 Å². The summed E-state index contributed by atoms with van der Waals surface area (Å²) >= 11 is 13.9. The predicted octanol–water partition coefficient (Wildman–Crippen LogP) is 3.84. The molecule has 0 bridgehead atoms. The van der Waals surface area contributed by atoms with Crippen LogP contribution in [0.25, 0.3) is 0 Å². The number of nitrogens with zero attached hydrogens (tertiary/aromatic N) is 2. The maximum Gasteiger partial charge on any atom is 0.252 e. The van der Waals surface area contributed by atoms with Gasteiger partial charge in [-0.3, -0.25) is 4.79 Å². The highest BCUT2D eigenvalue weighted by molar-refractivity contribution is 8.16. The second kappa shape index (κ2) is 7.71. The fraction of sp³-hybridized carbons (Fsp3) is 0.263. The standard InChI is InChI=1S/C19H16Cl2N2O3S2/c20-13-7-4-8-14(18(13)21)23-15-10-28(25,26)11-16(15)27-19(23)22-17(24)9-12-5-2-1-3-6-12/h1-8,15-16H,9-11H2/t15-,16-/m0/s1. The number of aliphatic imine (C=N–C) groups is 1. The molecule has 0 radical (unpaired) electrons. The van der Waals surface area contributed by atoms with E-state index in [1.807, 2.05) is 30.3 Å². The van der Waals surface area contributed by atoms with Crippen LogP contribution in [0, 0.1) is 0 Å². The van der Waals surface area contributed by atoms with Crippen LogP contribution in [0.2, 0.25) is 10.0 Å². The third kappa shape index (κ3) is 3.94. The molecule has 2 aromatic carbocycles. The lowest BCUT2D eigenvalue weighted by molar-refractivity contribution is -0.117. The molecule has 0 spiro atoms. The van der Waals surface area contributed by atoms with Crippen molar-refractivity contribution in [2.45, 2.75) is 17.7 Å². The van der Waals surface area contributed by atoms with Crippen molar-refractivity contribution in [3.63, 3.8) is 0 Å². The van der Waals surface area contributed by atoms with E-state index in [2.05, 4.69) is 4.99 Å². The van der Waals surface area contributed by atoms with E-state index in [4.69, 9.17) is 23.2 Å². The maximum absolute atomic E-state index is 12.5. The van der Waals surface area contributed by atoms with E-state index in [0.717, 1.165) is 5.56 Å². The zero-order valence-electron chi connectivity index (χ0n) is 14.6. The van der Waals surface area contributed by atoms with Crippen LogP contribution in [0.3, 0.4) is 0 Å². The van der Waals surface area contributed by atoms with Gasteiger partial charge in [0.1, 0.15) is 0 Å². The van der Waals surface area contributed by atoms with Crippen LogP contribution < -0.4 is 4.90 Å². The Labute approximate surface area is 177 Å². The third-order valence-corrected chi connectivity index (χ3v) is 8.69. The number of amidine groups is 1. The summed E-state index contributed by atoms with van der Waals surface area (Å²) < 4.78 is 24.3. The molecule has 2 saturated heterocycles. The van der Waals surface area contributed by atoms with Gasteiger partial charge in [0.2, 0.25) is 0 Å². The van der Waals surface area contributed by atoms with E-state index >= 15 is 0 Å². The SMILES string of the molecule is O=C(Cc1ccccc1)N=C1S[C@H]2CS(=O)(=O)C[C@@H]2N1c1cccc(Cl)c1Cl. The molecular formula is C19H16Cl2N2O3S2. The van der Waals surface area contributed by atoms with Gasteiger partial charge in [-0.2, -0.15) is 4.99 Å². The van der Waals surface area contributed by atoms with Crippen molar-refractivity contribution in [3.8, 4) is 0 Å². The van der Waals surface area contributed by atoms with Gasteiger partial charge in [0.05, 0.1) is 39.7 Å². The van der Waals surface area contributed by atoms with E-state index < -0.39 is 9.84 Å². The van der Waals surface area contributed by atoms with Crippen molar-refractivity contribution in [1.82, 2.24) is 0 Å². The molecule has 28 heavy (non-hydrogen) atoms. The number of rotatable bonds is 3. The Morgan fingerprint density at radius 1 is 1.11 bits per heavy atom. The molecule has 0 aromatic heterocycles. The van der Waals surface area contributed by atoms with Crippen LogP contribution in [0.5, 0.6) is 0 Å². The van der Waals surface area contributed by atoms with Gasteiger partial charge < -0.3 is 4.90 Å². The molecule has 2 aromatic rings. The second-order valence-corrected chi connectivity index (χ2v) is 10.8. The van der Waals surface area contributed by atoms with Crippen LogP contribution in [0.15, 0.2) is 53.5 Å². The first kappa shape index (κ1) is 19.8. The summed E-state index contributed by atoms with van der Waals surface area (Å²) in [6.07, 6.45) is 0.176. The predicted molar refractivity (Wildman–Crippen MR) is 115 cm³/mol. The Morgan fingerprint density at radius 3 is 2.61 bits per heavy atom. The Balaban J connectivity index is 1.69. The van der Waals surface area contributed by atoms with Gasteiger partial charge in [0.25, 0.3) is 5.91 Å². The van der Waals surface area contributed by atoms with Crippen molar-refractivity contribution in [1.29, 1.82) is 0 Å². The van der Waals surface area contributed by atoms with Crippen LogP contribution in [0.4, 0.5) is 5.69 Å². The minimum atomic E-state index is -3.15. The summed E-state index contributed by atoms with van der Waals surface area (Å²) in [7, 11) is -3.15. The van der Waals surface area contributed by atoms with Crippen molar-refractivity contribution < 1.29 is 13.2 Å². The highest BCUT2D eigenvalue weighted by atomic mass is 35.5. The molecule has 2 fully saturated rings. The van der Waals surface area contributed by atoms with E-state index in [0.29, 0.717) is 20.9 Å². The summed E-state index contributed by atoms with van der Waals surface area (Å²) in [5, 5.41) is 0.958. The van der Waals surface area contributed by atoms with Crippen molar-refractivity contribution in [3.05, 3.63) is 64.1 Å². The number of fused-ring (bicyclic) bond motifs is 1. The zero-order chi connectivity index (χ0) is 19.9. The Kier molecular flexibility index (Phi) is 5.44. The number of halogens is 2. The number of amides is 1. The van der Waals surface area contributed by atoms with Crippen LogP contribution in [-0.2, 0) is 21.1 Å². The number of hydrogen-bond donors (Lipinski definition) is 0. The fourth-order valence-corrected chi connectivity index (χ4v) is 7.75. The minimum Gasteiger partial charge on any atom is -0.314 e. The largest absolute Gasteiger partial charge is 0.314 e. The van der Waals surface area contributed by atoms with Crippen molar-refractivity contribution in [2.24, 2.45) is 4.99 Å². The number of thioether (sulfide) groups is 1. The first-order valence-electron chi connectivity index (χ1n) is 8.60. The summed E-state index contributed by atoms with van der Waals surface area (Å²) in [5.74, 6) is -0.234. The molecule has 146 valence electrons. The molecule has 5 nitrogen and oxygen atoms in total. The molecule has 0 aliphatic carbocycles. The van der Waals surface area contributed by atoms with E-state index in [-0.39, 0.29) is 35.1 Å². The lowest BCUT2D eigenvalue weighted by Gasteiger charge is -2.25. The van der Waals surface area contributed by atoms with Crippen LogP contribution in [0.1, 0.15) is 5.56 Å². The molecule has 0 unspecified atom stereocenters. The van der Waals surface area contributed by atoms with Gasteiger partial charge in [-0.15, -0.1) is 0 Å². The van der Waals surface area contributed by atoms with Gasteiger partial charge in [-0.05, 0) is 17.7 Å². The van der Waals surface area contributed by atoms with Gasteiger partial charge in [0.15, 0.2) is 15.0 Å². The van der Waals surface area contributed by atoms with Gasteiger partial charge >= 0.3 is 0 Å². The lowest BCUT2D eigenvalue weighted by atomic mass is 10.1. The molecule has 2 aliphatic rings. The molecule has 4 rings (SSSR count). The molecule has 2 heterocycles. The van der Waals surface area contributed by atoms with Gasteiger partial charge in [-0.1, -0.05) is 71.4 Å². The molecule has 0 N–H and O–H groups in total. The lowest BCUT2D eigenvalue weighted by Crippen LogP contribution is -2.38. The Morgan fingerprint density at radius 2 is 1.86 bits per heavy atom. The summed E-state index contributed by atoms with van der Waals surface area (Å²) in [4.78, 5) is 18.6. The summed E-state index contributed by atoms with van der Waals surface area (Å²) in [6, 6.07) is 14.2. The van der Waals surface area contributed by atoms with Crippen LogP contribution >= 0.6 is 35.0 Å². The highest BCUT2D eigenvalue weighted by Gasteiger charge is 2.49. The van der Waals surface area contributed by atoms with Gasteiger partial charge in [0, 0.05) is 5.25 Å². The molecular weight excluding hydrogens is 439 g/mol. The smallest absolute Gasteiger partial charge is 0.252 e. The van der Waals surface area contributed by atoms with Crippen molar-refractivity contribution >= 4 is 61.6 Å². The molecule has 1 amide bonds. The van der Waals surface area contributed by atoms with E-state index in [9.17, 15) is 13.2 Å². The zero-order valence-corrected chi connectivity index (χ0v) is 17.7. The number of anilines is 1. The number of benzene rings is 2. The monoisotopic (exact) mass is 454 g/mol. The van der Waals surface area contributed by atoms with E-state index in [1.54, 1.807) is 23.1 Å². The van der Waals surface area contributed by atoms with E-state index in [1.165, 1.54) is 11.8 Å². The average Bonchev–Trinajstić information content (AvgIpc) is 3.09. The molecule has 0 saturated carbocycles. The number of hydrogen-bond acceptors (Lipinski definition) is 4. The second-order valence-electron chi connectivity index (χ2n) is 6.69.